The van der Waals surface area contributed by atoms with E-state index in [1.165, 1.54) is 19.3 Å². The number of hydrogen-bond acceptors (Lipinski definition) is 3. The summed E-state index contributed by atoms with van der Waals surface area (Å²) in [4.78, 5) is 10.8. The highest BCUT2D eigenvalue weighted by Crippen LogP contribution is 2.36. The van der Waals surface area contributed by atoms with E-state index in [1.807, 2.05) is 0 Å². The van der Waals surface area contributed by atoms with Crippen LogP contribution in [0.25, 0.3) is 0 Å². The van der Waals surface area contributed by atoms with E-state index >= 15 is 0 Å². The predicted molar refractivity (Wildman–Crippen MR) is 75.8 cm³/mol. The molecule has 1 aliphatic heterocycles. The topological polar surface area (TPSA) is 49.3 Å². The maximum absolute atomic E-state index is 10.8. The Kier molecular flexibility index (Phi) is 4.38. The van der Waals surface area contributed by atoms with Gasteiger partial charge in [0.05, 0.1) is 5.37 Å². The molecule has 1 aliphatic carbocycles. The van der Waals surface area contributed by atoms with E-state index in [0.29, 0.717) is 16.5 Å². The summed E-state index contributed by atoms with van der Waals surface area (Å²) in [5, 5.41) is 12.4. The fraction of sp³-hybridized carbons (Fsp3) is 0.786. The maximum atomic E-state index is 10.8. The van der Waals surface area contributed by atoms with Crippen molar-refractivity contribution < 1.29 is 9.90 Å². The van der Waals surface area contributed by atoms with E-state index in [9.17, 15) is 4.79 Å². The zero-order valence-electron chi connectivity index (χ0n) is 11.2. The molecule has 2 N–H and O–H groups in total. The smallest absolute Gasteiger partial charge is 0.321 e. The minimum absolute atomic E-state index is 0.321. The normalized spacial score (nSPS) is 31.1. The standard InChI is InChI=1S/C14H23NO2S/c1-14(2)7-5-10(6-8-14)3-4-12-15-11(9-18-12)13(16)17/h5,11-12,15H,3-4,6-9H2,1-2H3,(H,16,17). The van der Waals surface area contributed by atoms with Crippen LogP contribution < -0.4 is 5.32 Å². The molecule has 0 radical (unpaired) electrons. The van der Waals surface area contributed by atoms with Gasteiger partial charge in [0, 0.05) is 5.75 Å². The molecule has 0 bridgehead atoms. The van der Waals surface area contributed by atoms with Crippen LogP contribution >= 0.6 is 11.8 Å². The van der Waals surface area contributed by atoms with Crippen molar-refractivity contribution in [3.63, 3.8) is 0 Å². The molecule has 0 aromatic heterocycles. The van der Waals surface area contributed by atoms with Crippen LogP contribution in [0.15, 0.2) is 11.6 Å². The van der Waals surface area contributed by atoms with Crippen LogP contribution in [-0.2, 0) is 4.79 Å². The first-order valence-corrected chi connectivity index (χ1v) is 7.79. The van der Waals surface area contributed by atoms with Gasteiger partial charge in [0.1, 0.15) is 6.04 Å². The Morgan fingerprint density at radius 3 is 2.94 bits per heavy atom. The minimum Gasteiger partial charge on any atom is -0.480 e. The summed E-state index contributed by atoms with van der Waals surface area (Å²) >= 11 is 1.75. The average Bonchev–Trinajstić information content (AvgIpc) is 2.76. The SMILES string of the molecule is CC1(C)CC=C(CCC2NC(C(=O)O)CS2)CC1. The average molecular weight is 269 g/mol. The molecule has 0 saturated carbocycles. The van der Waals surface area contributed by atoms with Gasteiger partial charge in [-0.15, -0.1) is 11.8 Å². The van der Waals surface area contributed by atoms with Crippen LogP contribution in [0.1, 0.15) is 46.0 Å². The molecule has 1 saturated heterocycles. The van der Waals surface area contributed by atoms with Gasteiger partial charge in [-0.05, 0) is 37.5 Å². The molecule has 1 fully saturated rings. The van der Waals surface area contributed by atoms with E-state index < -0.39 is 5.97 Å². The van der Waals surface area contributed by atoms with E-state index in [0.717, 1.165) is 12.8 Å². The summed E-state index contributed by atoms with van der Waals surface area (Å²) in [7, 11) is 0. The molecule has 1 heterocycles. The highest BCUT2D eigenvalue weighted by molar-refractivity contribution is 8.00. The summed E-state index contributed by atoms with van der Waals surface area (Å²) in [6.45, 7) is 4.65. The summed E-state index contributed by atoms with van der Waals surface area (Å²) in [6, 6.07) is -0.348. The molecular formula is C14H23NO2S. The number of allylic oxidation sites excluding steroid dienone is 2. The van der Waals surface area contributed by atoms with Crippen LogP contribution in [0.3, 0.4) is 0 Å². The fourth-order valence-corrected chi connectivity index (χ4v) is 3.72. The third kappa shape index (κ3) is 3.75. The Bertz CT molecular complexity index is 352. The first kappa shape index (κ1) is 13.9. The fourth-order valence-electron chi connectivity index (χ4n) is 2.51. The molecule has 0 amide bonds. The largest absolute Gasteiger partial charge is 0.480 e. The van der Waals surface area contributed by atoms with Gasteiger partial charge in [0.2, 0.25) is 0 Å². The van der Waals surface area contributed by atoms with Gasteiger partial charge in [-0.25, -0.2) is 0 Å². The van der Waals surface area contributed by atoms with E-state index in [4.69, 9.17) is 5.11 Å². The lowest BCUT2D eigenvalue weighted by Crippen LogP contribution is -2.36. The second kappa shape index (κ2) is 5.66. The van der Waals surface area contributed by atoms with Crippen LogP contribution in [0.2, 0.25) is 0 Å². The van der Waals surface area contributed by atoms with Gasteiger partial charge in [-0.2, -0.15) is 0 Å². The Morgan fingerprint density at radius 1 is 1.61 bits per heavy atom. The molecule has 2 atom stereocenters. The molecule has 0 spiro atoms. The quantitative estimate of drug-likeness (QED) is 0.770. The third-order valence-corrected chi connectivity index (χ3v) is 5.24. The lowest BCUT2D eigenvalue weighted by Gasteiger charge is -2.29. The van der Waals surface area contributed by atoms with Crippen molar-refractivity contribution >= 4 is 17.7 Å². The maximum Gasteiger partial charge on any atom is 0.321 e. The highest BCUT2D eigenvalue weighted by atomic mass is 32.2. The van der Waals surface area contributed by atoms with Crippen LogP contribution in [0.4, 0.5) is 0 Å². The molecule has 2 rings (SSSR count). The van der Waals surface area contributed by atoms with Crippen molar-refractivity contribution in [1.82, 2.24) is 5.32 Å². The Morgan fingerprint density at radius 2 is 2.39 bits per heavy atom. The van der Waals surface area contributed by atoms with Crippen molar-refractivity contribution in [2.75, 3.05) is 5.75 Å². The summed E-state index contributed by atoms with van der Waals surface area (Å²) < 4.78 is 0. The molecule has 0 aromatic carbocycles. The lowest BCUT2D eigenvalue weighted by atomic mass is 9.77. The number of nitrogens with one attached hydrogen (secondary N) is 1. The zero-order valence-corrected chi connectivity index (χ0v) is 12.1. The number of carboxylic acid groups (broad SMARTS) is 1. The Balaban J connectivity index is 1.73. The van der Waals surface area contributed by atoms with Gasteiger partial charge in [0.25, 0.3) is 0 Å². The van der Waals surface area contributed by atoms with Crippen LogP contribution in [-0.4, -0.2) is 28.2 Å². The van der Waals surface area contributed by atoms with Gasteiger partial charge in [0.15, 0.2) is 0 Å². The van der Waals surface area contributed by atoms with Crippen molar-refractivity contribution in [2.45, 2.75) is 57.4 Å². The summed E-state index contributed by atoms with van der Waals surface area (Å²) in [5.41, 5.74) is 2.04. The molecular weight excluding hydrogens is 246 g/mol. The van der Waals surface area contributed by atoms with Gasteiger partial charge < -0.3 is 5.11 Å². The molecule has 3 nitrogen and oxygen atoms in total. The van der Waals surface area contributed by atoms with E-state index in [1.54, 1.807) is 17.3 Å². The number of carbonyl (C=O) groups is 1. The van der Waals surface area contributed by atoms with E-state index in [-0.39, 0.29) is 6.04 Å². The molecule has 18 heavy (non-hydrogen) atoms. The second-order valence-corrected chi connectivity index (χ2v) is 7.38. The van der Waals surface area contributed by atoms with Crippen molar-refractivity contribution in [2.24, 2.45) is 5.41 Å². The van der Waals surface area contributed by atoms with Gasteiger partial charge >= 0.3 is 5.97 Å². The molecule has 0 aromatic rings. The minimum atomic E-state index is -0.719. The molecule has 2 aliphatic rings. The highest BCUT2D eigenvalue weighted by Gasteiger charge is 2.29. The van der Waals surface area contributed by atoms with E-state index in [2.05, 4.69) is 25.2 Å². The predicted octanol–water partition coefficient (Wildman–Crippen LogP) is 3.02. The Hall–Kier alpha value is -0.480. The zero-order chi connectivity index (χ0) is 13.2. The number of rotatable bonds is 4. The Labute approximate surface area is 113 Å². The molecule has 102 valence electrons. The van der Waals surface area contributed by atoms with Crippen molar-refractivity contribution in [3.05, 3.63) is 11.6 Å². The van der Waals surface area contributed by atoms with Gasteiger partial charge in [-0.1, -0.05) is 25.5 Å². The van der Waals surface area contributed by atoms with Crippen LogP contribution in [0, 0.1) is 5.41 Å². The van der Waals surface area contributed by atoms with Crippen molar-refractivity contribution in [3.8, 4) is 0 Å². The number of hydrogen-bond donors (Lipinski definition) is 2. The monoisotopic (exact) mass is 269 g/mol. The lowest BCUT2D eigenvalue weighted by molar-refractivity contribution is -0.138. The van der Waals surface area contributed by atoms with Gasteiger partial charge in [-0.3, -0.25) is 10.1 Å². The summed E-state index contributed by atoms with van der Waals surface area (Å²) in [5.74, 6) is -0.0184. The van der Waals surface area contributed by atoms with Crippen molar-refractivity contribution in [1.29, 1.82) is 0 Å². The molecule has 2 unspecified atom stereocenters. The number of carboxylic acids is 1. The summed E-state index contributed by atoms with van der Waals surface area (Å²) in [6.07, 6.45) is 8.26. The number of thioether (sulfide) groups is 1. The first-order valence-electron chi connectivity index (χ1n) is 6.75. The second-order valence-electron chi connectivity index (χ2n) is 6.15. The van der Waals surface area contributed by atoms with Crippen LogP contribution in [0.5, 0.6) is 0 Å². The third-order valence-electron chi connectivity index (χ3n) is 3.94. The molecule has 4 heteroatoms. The number of aliphatic carboxylic acids is 1. The first-order chi connectivity index (χ1) is 8.46.